The number of morpholine rings is 1. The molecular formula is C20H34N4O. The van der Waals surface area contributed by atoms with E-state index >= 15 is 0 Å². The maximum atomic E-state index is 5.50. The van der Waals surface area contributed by atoms with Crippen molar-refractivity contribution in [1.82, 2.24) is 15.1 Å². The number of ether oxygens (including phenoxy) is 1. The number of nitrogens with one attached hydrogen (secondary N) is 1. The quantitative estimate of drug-likeness (QED) is 0.634. The van der Waals surface area contributed by atoms with Gasteiger partial charge in [-0.3, -0.25) is 9.89 Å². The van der Waals surface area contributed by atoms with Crippen molar-refractivity contribution in [1.29, 1.82) is 0 Å². The first-order chi connectivity index (χ1) is 12.0. The van der Waals surface area contributed by atoms with E-state index in [1.165, 1.54) is 11.1 Å². The molecule has 1 fully saturated rings. The molecule has 5 heteroatoms. The van der Waals surface area contributed by atoms with Gasteiger partial charge in [0.25, 0.3) is 0 Å². The number of rotatable bonds is 6. The van der Waals surface area contributed by atoms with Gasteiger partial charge < -0.3 is 15.0 Å². The Hall–Kier alpha value is -1.59. The molecule has 0 spiro atoms. The van der Waals surface area contributed by atoms with Gasteiger partial charge in [0.15, 0.2) is 5.96 Å². The van der Waals surface area contributed by atoms with Crippen LogP contribution in [0.1, 0.15) is 25.0 Å². The summed E-state index contributed by atoms with van der Waals surface area (Å²) in [7, 11) is 3.96. The highest BCUT2D eigenvalue weighted by molar-refractivity contribution is 5.79. The Morgan fingerprint density at radius 3 is 2.56 bits per heavy atom. The van der Waals surface area contributed by atoms with E-state index in [1.54, 1.807) is 0 Å². The largest absolute Gasteiger partial charge is 0.379 e. The molecule has 1 aliphatic rings. The van der Waals surface area contributed by atoms with Crippen molar-refractivity contribution in [2.24, 2.45) is 10.9 Å². The summed E-state index contributed by atoms with van der Waals surface area (Å²) < 4.78 is 5.50. The lowest BCUT2D eigenvalue weighted by Gasteiger charge is -2.37. The lowest BCUT2D eigenvalue weighted by molar-refractivity contribution is 0.00741. The topological polar surface area (TPSA) is 40.1 Å². The van der Waals surface area contributed by atoms with E-state index in [0.29, 0.717) is 12.0 Å². The maximum Gasteiger partial charge on any atom is 0.193 e. The van der Waals surface area contributed by atoms with Crippen molar-refractivity contribution in [2.45, 2.75) is 33.4 Å². The number of aliphatic imine (C=N–C) groups is 1. The fourth-order valence-electron chi connectivity index (χ4n) is 3.39. The van der Waals surface area contributed by atoms with Gasteiger partial charge >= 0.3 is 0 Å². The van der Waals surface area contributed by atoms with Gasteiger partial charge in [-0.05, 0) is 24.0 Å². The predicted molar refractivity (Wildman–Crippen MR) is 105 cm³/mol. The molecule has 0 amide bonds. The van der Waals surface area contributed by atoms with E-state index in [1.807, 2.05) is 7.05 Å². The summed E-state index contributed by atoms with van der Waals surface area (Å²) in [5.74, 6) is 1.53. The van der Waals surface area contributed by atoms with Crippen molar-refractivity contribution >= 4 is 5.96 Å². The van der Waals surface area contributed by atoms with Crippen molar-refractivity contribution in [2.75, 3.05) is 46.9 Å². The SMILES string of the molecule is CN=C(NCC(C(C)C)N1CCOCC1)N(C)Cc1ccccc1C. The van der Waals surface area contributed by atoms with Crippen molar-refractivity contribution in [3.63, 3.8) is 0 Å². The van der Waals surface area contributed by atoms with E-state index < -0.39 is 0 Å². The van der Waals surface area contributed by atoms with Crippen LogP contribution in [0.3, 0.4) is 0 Å². The molecule has 1 heterocycles. The highest BCUT2D eigenvalue weighted by atomic mass is 16.5. The molecular weight excluding hydrogens is 312 g/mol. The molecule has 1 saturated heterocycles. The van der Waals surface area contributed by atoms with Crippen LogP contribution < -0.4 is 5.32 Å². The average molecular weight is 347 g/mol. The Kier molecular flexibility index (Phi) is 7.72. The fraction of sp³-hybridized carbons (Fsp3) is 0.650. The summed E-state index contributed by atoms with van der Waals surface area (Å²) in [6.45, 7) is 12.2. The summed E-state index contributed by atoms with van der Waals surface area (Å²) in [4.78, 5) is 9.21. The maximum absolute atomic E-state index is 5.50. The first kappa shape index (κ1) is 19.7. The minimum atomic E-state index is 0.493. The number of nitrogens with zero attached hydrogens (tertiary/aromatic N) is 3. The van der Waals surface area contributed by atoms with Crippen LogP contribution in [0.2, 0.25) is 0 Å². The fourth-order valence-corrected chi connectivity index (χ4v) is 3.39. The molecule has 1 unspecified atom stereocenters. The molecule has 0 saturated carbocycles. The molecule has 1 aromatic rings. The summed E-state index contributed by atoms with van der Waals surface area (Å²) in [6, 6.07) is 9.02. The van der Waals surface area contributed by atoms with Crippen molar-refractivity contribution in [3.8, 4) is 0 Å². The van der Waals surface area contributed by atoms with Crippen LogP contribution in [0.25, 0.3) is 0 Å². The summed E-state index contributed by atoms with van der Waals surface area (Å²) >= 11 is 0. The number of benzene rings is 1. The molecule has 25 heavy (non-hydrogen) atoms. The molecule has 2 rings (SSSR count). The van der Waals surface area contributed by atoms with Gasteiger partial charge in [-0.1, -0.05) is 38.1 Å². The Balaban J connectivity index is 1.94. The van der Waals surface area contributed by atoms with Crippen molar-refractivity contribution in [3.05, 3.63) is 35.4 Å². The number of guanidine groups is 1. The van der Waals surface area contributed by atoms with Crippen LogP contribution in [0.4, 0.5) is 0 Å². The zero-order chi connectivity index (χ0) is 18.2. The van der Waals surface area contributed by atoms with E-state index in [0.717, 1.165) is 45.4 Å². The van der Waals surface area contributed by atoms with Gasteiger partial charge in [0, 0.05) is 46.3 Å². The van der Waals surface area contributed by atoms with Gasteiger partial charge in [0.05, 0.1) is 13.2 Å². The van der Waals surface area contributed by atoms with E-state index in [2.05, 4.69) is 72.2 Å². The molecule has 1 atom stereocenters. The minimum absolute atomic E-state index is 0.493. The highest BCUT2D eigenvalue weighted by Crippen LogP contribution is 2.13. The van der Waals surface area contributed by atoms with Crippen LogP contribution in [-0.2, 0) is 11.3 Å². The predicted octanol–water partition coefficient (Wildman–Crippen LogP) is 2.36. The summed E-state index contributed by atoms with van der Waals surface area (Å²) in [5.41, 5.74) is 2.65. The first-order valence-electron chi connectivity index (χ1n) is 9.31. The number of hydrogen-bond donors (Lipinski definition) is 1. The molecule has 5 nitrogen and oxygen atoms in total. The van der Waals surface area contributed by atoms with Crippen LogP contribution in [0.15, 0.2) is 29.3 Å². The van der Waals surface area contributed by atoms with E-state index in [9.17, 15) is 0 Å². The normalized spacial score (nSPS) is 17.6. The van der Waals surface area contributed by atoms with Crippen LogP contribution in [0, 0.1) is 12.8 Å². The number of aryl methyl sites for hydroxylation is 1. The molecule has 0 aromatic heterocycles. The summed E-state index contributed by atoms with van der Waals surface area (Å²) in [5, 5.41) is 3.58. The van der Waals surface area contributed by atoms with Crippen molar-refractivity contribution < 1.29 is 4.74 Å². The second-order valence-electron chi connectivity index (χ2n) is 7.17. The molecule has 1 N–H and O–H groups in total. The van der Waals surface area contributed by atoms with Crippen LogP contribution >= 0.6 is 0 Å². The molecule has 0 radical (unpaired) electrons. The van der Waals surface area contributed by atoms with Gasteiger partial charge in [-0.25, -0.2) is 0 Å². The molecule has 1 aromatic carbocycles. The zero-order valence-electron chi connectivity index (χ0n) is 16.5. The van der Waals surface area contributed by atoms with Gasteiger partial charge in [-0.15, -0.1) is 0 Å². The Morgan fingerprint density at radius 1 is 1.28 bits per heavy atom. The average Bonchev–Trinajstić information content (AvgIpc) is 2.61. The molecule has 0 bridgehead atoms. The standard InChI is InChI=1S/C20H34N4O/c1-16(2)19(24-10-12-25-13-11-24)14-22-20(21-4)23(5)15-18-9-7-6-8-17(18)3/h6-9,16,19H,10-15H2,1-5H3,(H,21,22). The van der Waals surface area contributed by atoms with Crippen LogP contribution in [-0.4, -0.2) is 68.7 Å². The zero-order valence-corrected chi connectivity index (χ0v) is 16.5. The Morgan fingerprint density at radius 2 is 1.96 bits per heavy atom. The van der Waals surface area contributed by atoms with Gasteiger partial charge in [0.1, 0.15) is 0 Å². The third-order valence-electron chi connectivity index (χ3n) is 5.00. The van der Waals surface area contributed by atoms with E-state index in [-0.39, 0.29) is 0 Å². The third kappa shape index (κ3) is 5.72. The lowest BCUT2D eigenvalue weighted by Crippen LogP contribution is -2.52. The molecule has 1 aliphatic heterocycles. The summed E-state index contributed by atoms with van der Waals surface area (Å²) in [6.07, 6.45) is 0. The second-order valence-corrected chi connectivity index (χ2v) is 7.17. The Labute approximate surface area is 153 Å². The number of hydrogen-bond acceptors (Lipinski definition) is 3. The molecule has 140 valence electrons. The van der Waals surface area contributed by atoms with Gasteiger partial charge in [-0.2, -0.15) is 0 Å². The van der Waals surface area contributed by atoms with E-state index in [4.69, 9.17) is 4.74 Å². The second kappa shape index (κ2) is 9.78. The lowest BCUT2D eigenvalue weighted by atomic mass is 10.0. The Bertz CT molecular complexity index is 552. The third-order valence-corrected chi connectivity index (χ3v) is 5.00. The van der Waals surface area contributed by atoms with Crippen LogP contribution in [0.5, 0.6) is 0 Å². The monoisotopic (exact) mass is 346 g/mol. The molecule has 0 aliphatic carbocycles. The first-order valence-corrected chi connectivity index (χ1v) is 9.31. The smallest absolute Gasteiger partial charge is 0.193 e. The minimum Gasteiger partial charge on any atom is -0.379 e. The highest BCUT2D eigenvalue weighted by Gasteiger charge is 2.24. The van der Waals surface area contributed by atoms with Gasteiger partial charge in [0.2, 0.25) is 0 Å².